The summed E-state index contributed by atoms with van der Waals surface area (Å²) in [6.45, 7) is 0. The highest BCUT2D eigenvalue weighted by Gasteiger charge is 2.46. The Morgan fingerprint density at radius 2 is 1.20 bits per heavy atom. The van der Waals surface area contributed by atoms with Crippen LogP contribution >= 0.6 is 47.8 Å². The van der Waals surface area contributed by atoms with Crippen LogP contribution < -0.4 is 4.90 Å². The van der Waals surface area contributed by atoms with Gasteiger partial charge in [-0.1, -0.05) is 72.1 Å². The molecule has 1 heterocycles. The number of ketones is 1. The smallest absolute Gasteiger partial charge is 0.300 e. The fourth-order valence-electron chi connectivity index (χ4n) is 3.42. The van der Waals surface area contributed by atoms with E-state index in [1.807, 2.05) is 36.4 Å². The van der Waals surface area contributed by atoms with Crippen LogP contribution in [0.3, 0.4) is 0 Å². The van der Waals surface area contributed by atoms with Crippen LogP contribution in [0.15, 0.2) is 91.8 Å². The number of halogens is 3. The zero-order chi connectivity index (χ0) is 21.4. The fourth-order valence-corrected chi connectivity index (χ4v) is 4.22. The van der Waals surface area contributed by atoms with E-state index in [1.165, 1.54) is 4.90 Å². The maximum atomic E-state index is 13.1. The SMILES string of the molecule is O=C1C(=O)N(c2ccc(Br)cc2)C(c2ccc(Br)cc2)/C1=C(\O)c1ccc(Br)cc1. The summed E-state index contributed by atoms with van der Waals surface area (Å²) < 4.78 is 2.58. The summed E-state index contributed by atoms with van der Waals surface area (Å²) in [5, 5.41) is 11.0. The van der Waals surface area contributed by atoms with E-state index in [2.05, 4.69) is 47.8 Å². The van der Waals surface area contributed by atoms with E-state index in [-0.39, 0.29) is 11.3 Å². The van der Waals surface area contributed by atoms with E-state index < -0.39 is 17.7 Å². The van der Waals surface area contributed by atoms with Gasteiger partial charge in [0, 0.05) is 24.7 Å². The first-order valence-corrected chi connectivity index (χ1v) is 11.3. The Kier molecular flexibility index (Phi) is 5.95. The normalized spacial score (nSPS) is 18.1. The van der Waals surface area contributed by atoms with Gasteiger partial charge in [0.25, 0.3) is 11.7 Å². The average molecular weight is 592 g/mol. The molecule has 0 radical (unpaired) electrons. The van der Waals surface area contributed by atoms with E-state index in [0.29, 0.717) is 11.3 Å². The molecule has 1 atom stereocenters. The molecular formula is C23H14Br3NO3. The molecule has 0 aliphatic carbocycles. The molecule has 150 valence electrons. The van der Waals surface area contributed by atoms with Crippen molar-refractivity contribution >= 4 is 70.9 Å². The Morgan fingerprint density at radius 1 is 0.733 bits per heavy atom. The molecule has 0 spiro atoms. The molecule has 1 unspecified atom stereocenters. The van der Waals surface area contributed by atoms with Gasteiger partial charge in [-0.15, -0.1) is 0 Å². The minimum Gasteiger partial charge on any atom is -0.507 e. The van der Waals surface area contributed by atoms with Crippen LogP contribution in [-0.4, -0.2) is 16.8 Å². The number of anilines is 1. The highest BCUT2D eigenvalue weighted by atomic mass is 79.9. The van der Waals surface area contributed by atoms with Crippen molar-refractivity contribution in [3.8, 4) is 0 Å². The number of amides is 1. The summed E-state index contributed by atoms with van der Waals surface area (Å²) in [6, 6.07) is 20.7. The molecule has 1 saturated heterocycles. The van der Waals surface area contributed by atoms with Gasteiger partial charge < -0.3 is 5.11 Å². The summed E-state index contributed by atoms with van der Waals surface area (Å²) in [7, 11) is 0. The Balaban J connectivity index is 1.93. The van der Waals surface area contributed by atoms with Gasteiger partial charge in [-0.05, 0) is 54.1 Å². The second-order valence-electron chi connectivity index (χ2n) is 6.70. The molecule has 3 aromatic rings. The van der Waals surface area contributed by atoms with Gasteiger partial charge in [-0.2, -0.15) is 0 Å². The van der Waals surface area contributed by atoms with Gasteiger partial charge in [0.05, 0.1) is 11.6 Å². The molecule has 30 heavy (non-hydrogen) atoms. The van der Waals surface area contributed by atoms with Crippen molar-refractivity contribution in [2.24, 2.45) is 0 Å². The number of hydrogen-bond donors (Lipinski definition) is 1. The molecule has 3 aromatic carbocycles. The van der Waals surface area contributed by atoms with Crippen molar-refractivity contribution < 1.29 is 14.7 Å². The van der Waals surface area contributed by atoms with Crippen LogP contribution in [0.5, 0.6) is 0 Å². The molecule has 7 heteroatoms. The molecular weight excluding hydrogens is 578 g/mol. The number of hydrogen-bond acceptors (Lipinski definition) is 3. The molecule has 1 fully saturated rings. The highest BCUT2D eigenvalue weighted by molar-refractivity contribution is 9.11. The minimum atomic E-state index is -0.747. The van der Waals surface area contributed by atoms with Gasteiger partial charge in [0.1, 0.15) is 5.76 Å². The monoisotopic (exact) mass is 589 g/mol. The Labute approximate surface area is 198 Å². The Bertz CT molecular complexity index is 1150. The first-order chi connectivity index (χ1) is 14.4. The number of rotatable bonds is 3. The number of aliphatic hydroxyl groups is 1. The minimum absolute atomic E-state index is 0.0626. The molecule has 4 rings (SSSR count). The van der Waals surface area contributed by atoms with E-state index in [4.69, 9.17) is 0 Å². The lowest BCUT2D eigenvalue weighted by molar-refractivity contribution is -0.132. The number of carbonyl (C=O) groups excluding carboxylic acids is 2. The third-order valence-electron chi connectivity index (χ3n) is 4.85. The second-order valence-corrected chi connectivity index (χ2v) is 9.45. The van der Waals surface area contributed by atoms with Crippen LogP contribution in [0.2, 0.25) is 0 Å². The first-order valence-electron chi connectivity index (χ1n) is 8.95. The summed E-state index contributed by atoms with van der Waals surface area (Å²) in [6.07, 6.45) is 0. The summed E-state index contributed by atoms with van der Waals surface area (Å²) in [4.78, 5) is 27.5. The van der Waals surface area contributed by atoms with Gasteiger partial charge in [-0.25, -0.2) is 0 Å². The number of nitrogens with zero attached hydrogens (tertiary/aromatic N) is 1. The van der Waals surface area contributed by atoms with Crippen LogP contribution in [0.25, 0.3) is 5.76 Å². The molecule has 1 N–H and O–H groups in total. The molecule has 4 nitrogen and oxygen atoms in total. The number of aliphatic hydroxyl groups excluding tert-OH is 1. The quantitative estimate of drug-likeness (QED) is 0.212. The zero-order valence-corrected chi connectivity index (χ0v) is 20.1. The van der Waals surface area contributed by atoms with E-state index in [0.717, 1.165) is 19.0 Å². The standard InChI is InChI=1S/C23H14Br3NO3/c24-15-5-1-13(2-6-15)20-19(21(28)14-3-7-16(25)8-4-14)22(29)23(30)27(20)18-11-9-17(26)10-12-18/h1-12,20,28H/b21-19+. The number of carbonyl (C=O) groups is 2. The lowest BCUT2D eigenvalue weighted by atomic mass is 9.95. The lowest BCUT2D eigenvalue weighted by Gasteiger charge is -2.25. The van der Waals surface area contributed by atoms with Crippen molar-refractivity contribution in [3.05, 3.63) is 103 Å². The number of Topliss-reactive ketones (excluding diaryl/α,β-unsaturated/α-hetero) is 1. The average Bonchev–Trinajstić information content (AvgIpc) is 3.00. The maximum absolute atomic E-state index is 13.1. The van der Waals surface area contributed by atoms with E-state index in [9.17, 15) is 14.7 Å². The number of benzene rings is 3. The molecule has 0 aromatic heterocycles. The molecule has 0 bridgehead atoms. The van der Waals surface area contributed by atoms with Gasteiger partial charge in [0.15, 0.2) is 0 Å². The predicted molar refractivity (Wildman–Crippen MR) is 127 cm³/mol. The van der Waals surface area contributed by atoms with E-state index in [1.54, 1.807) is 36.4 Å². The maximum Gasteiger partial charge on any atom is 0.300 e. The molecule has 0 saturated carbocycles. The molecule has 1 aliphatic rings. The zero-order valence-electron chi connectivity index (χ0n) is 15.4. The largest absolute Gasteiger partial charge is 0.507 e. The van der Waals surface area contributed by atoms with Crippen molar-refractivity contribution in [3.63, 3.8) is 0 Å². The Hall–Kier alpha value is -2.22. The topological polar surface area (TPSA) is 57.6 Å². The fraction of sp³-hybridized carbons (Fsp3) is 0.0435. The van der Waals surface area contributed by atoms with Crippen molar-refractivity contribution in [1.29, 1.82) is 0 Å². The predicted octanol–water partition coefficient (Wildman–Crippen LogP) is 6.60. The van der Waals surface area contributed by atoms with Crippen molar-refractivity contribution in [2.75, 3.05) is 4.90 Å². The van der Waals surface area contributed by atoms with Crippen molar-refractivity contribution in [1.82, 2.24) is 0 Å². The third-order valence-corrected chi connectivity index (χ3v) is 6.44. The third kappa shape index (κ3) is 3.89. The van der Waals surface area contributed by atoms with Crippen molar-refractivity contribution in [2.45, 2.75) is 6.04 Å². The second kappa shape index (κ2) is 8.49. The van der Waals surface area contributed by atoms with Gasteiger partial charge in [-0.3, -0.25) is 14.5 Å². The van der Waals surface area contributed by atoms with Crippen LogP contribution in [0.4, 0.5) is 5.69 Å². The summed E-state index contributed by atoms with van der Waals surface area (Å²) in [5.41, 5.74) is 1.82. The van der Waals surface area contributed by atoms with Crippen LogP contribution in [0.1, 0.15) is 17.2 Å². The molecule has 1 amide bonds. The summed E-state index contributed by atoms with van der Waals surface area (Å²) in [5.74, 6) is -1.59. The highest BCUT2D eigenvalue weighted by Crippen LogP contribution is 2.42. The van der Waals surface area contributed by atoms with E-state index >= 15 is 0 Å². The lowest BCUT2D eigenvalue weighted by Crippen LogP contribution is -2.29. The molecule has 1 aliphatic heterocycles. The van der Waals surface area contributed by atoms with Crippen LogP contribution in [-0.2, 0) is 9.59 Å². The summed E-state index contributed by atoms with van der Waals surface area (Å²) >= 11 is 10.2. The van der Waals surface area contributed by atoms with Crippen LogP contribution in [0, 0.1) is 0 Å². The van der Waals surface area contributed by atoms with Gasteiger partial charge >= 0.3 is 0 Å². The van der Waals surface area contributed by atoms with Gasteiger partial charge in [0.2, 0.25) is 0 Å². The first kappa shape index (κ1) is 21.0. The Morgan fingerprint density at radius 3 is 1.73 bits per heavy atom.